The summed E-state index contributed by atoms with van der Waals surface area (Å²) in [5.74, 6) is 0.999. The molecular formula is C15H19Cl2NO2. The maximum Gasteiger partial charge on any atom is 0.258 e. The second-order valence-corrected chi connectivity index (χ2v) is 6.11. The molecule has 0 heterocycles. The van der Waals surface area contributed by atoms with Crippen LogP contribution in [0.25, 0.3) is 0 Å². The average Bonchev–Trinajstić information content (AvgIpc) is 2.43. The highest BCUT2D eigenvalue weighted by Crippen LogP contribution is 2.26. The summed E-state index contributed by atoms with van der Waals surface area (Å²) in [5, 5.41) is 3.94. The number of hydrogen-bond acceptors (Lipinski definition) is 2. The van der Waals surface area contributed by atoms with Crippen LogP contribution >= 0.6 is 23.2 Å². The number of carbonyl (C=O) groups excluding carboxylic acids is 1. The Labute approximate surface area is 129 Å². The van der Waals surface area contributed by atoms with Crippen molar-refractivity contribution >= 4 is 29.1 Å². The average molecular weight is 316 g/mol. The number of halogens is 2. The summed E-state index contributed by atoms with van der Waals surface area (Å²) in [6.45, 7) is 2.19. The summed E-state index contributed by atoms with van der Waals surface area (Å²) in [7, 11) is 0. The predicted octanol–water partition coefficient (Wildman–Crippen LogP) is 4.07. The van der Waals surface area contributed by atoms with Gasteiger partial charge in [0, 0.05) is 12.1 Å². The highest BCUT2D eigenvalue weighted by atomic mass is 35.5. The number of amides is 1. The standard InChI is InChI=1S/C15H19Cl2NO2/c1-10-4-2-3-5-14(10)18-15(19)9-20-11-6-7-12(16)13(17)8-11/h6-8,10,14H,2-5,9H2,1H3,(H,18,19)/t10-,14-/m0/s1. The van der Waals surface area contributed by atoms with E-state index in [0.29, 0.717) is 21.7 Å². The first-order valence-electron chi connectivity index (χ1n) is 6.93. The summed E-state index contributed by atoms with van der Waals surface area (Å²) < 4.78 is 5.43. The SMILES string of the molecule is C[C@H]1CCCC[C@@H]1NC(=O)COc1ccc(Cl)c(Cl)c1. The van der Waals surface area contributed by atoms with Gasteiger partial charge >= 0.3 is 0 Å². The Bertz CT molecular complexity index is 479. The maximum atomic E-state index is 11.9. The number of ether oxygens (including phenoxy) is 1. The Morgan fingerprint density at radius 2 is 2.05 bits per heavy atom. The molecule has 2 atom stereocenters. The van der Waals surface area contributed by atoms with E-state index in [0.717, 1.165) is 6.42 Å². The zero-order chi connectivity index (χ0) is 14.5. The number of hydrogen-bond donors (Lipinski definition) is 1. The molecule has 20 heavy (non-hydrogen) atoms. The van der Waals surface area contributed by atoms with Crippen molar-refractivity contribution in [3.05, 3.63) is 28.2 Å². The smallest absolute Gasteiger partial charge is 0.258 e. The van der Waals surface area contributed by atoms with Crippen LogP contribution in [0.5, 0.6) is 5.75 Å². The molecule has 0 saturated heterocycles. The van der Waals surface area contributed by atoms with E-state index >= 15 is 0 Å². The third-order valence-electron chi connectivity index (χ3n) is 3.72. The molecule has 1 aromatic carbocycles. The fraction of sp³-hybridized carbons (Fsp3) is 0.533. The van der Waals surface area contributed by atoms with Crippen LogP contribution in [0.15, 0.2) is 18.2 Å². The van der Waals surface area contributed by atoms with Crippen molar-refractivity contribution in [2.45, 2.75) is 38.6 Å². The second kappa shape index (κ2) is 7.19. The molecule has 1 N–H and O–H groups in total. The van der Waals surface area contributed by atoms with E-state index in [1.54, 1.807) is 18.2 Å². The molecule has 0 spiro atoms. The van der Waals surface area contributed by atoms with Gasteiger partial charge in [-0.05, 0) is 30.9 Å². The van der Waals surface area contributed by atoms with Crippen molar-refractivity contribution in [3.8, 4) is 5.75 Å². The topological polar surface area (TPSA) is 38.3 Å². The van der Waals surface area contributed by atoms with Gasteiger partial charge in [-0.15, -0.1) is 0 Å². The van der Waals surface area contributed by atoms with Crippen LogP contribution in [0.2, 0.25) is 10.0 Å². The van der Waals surface area contributed by atoms with Crippen molar-refractivity contribution in [2.75, 3.05) is 6.61 Å². The van der Waals surface area contributed by atoms with Crippen LogP contribution < -0.4 is 10.1 Å². The number of carbonyl (C=O) groups is 1. The van der Waals surface area contributed by atoms with Crippen LogP contribution in [0.3, 0.4) is 0 Å². The number of rotatable bonds is 4. The van der Waals surface area contributed by atoms with E-state index in [9.17, 15) is 4.79 Å². The van der Waals surface area contributed by atoms with Gasteiger partial charge in [-0.1, -0.05) is 43.0 Å². The molecule has 0 aromatic heterocycles. The van der Waals surface area contributed by atoms with Crippen LogP contribution in [-0.4, -0.2) is 18.6 Å². The molecule has 2 rings (SSSR count). The van der Waals surface area contributed by atoms with E-state index in [1.807, 2.05) is 0 Å². The number of nitrogens with one attached hydrogen (secondary N) is 1. The minimum absolute atomic E-state index is 0.00117. The van der Waals surface area contributed by atoms with Gasteiger partial charge < -0.3 is 10.1 Å². The molecule has 1 aliphatic rings. The predicted molar refractivity (Wildman–Crippen MR) is 81.5 cm³/mol. The fourth-order valence-electron chi connectivity index (χ4n) is 2.49. The van der Waals surface area contributed by atoms with Gasteiger partial charge in [0.2, 0.25) is 0 Å². The quantitative estimate of drug-likeness (QED) is 0.909. The lowest BCUT2D eigenvalue weighted by Crippen LogP contribution is -2.43. The minimum Gasteiger partial charge on any atom is -0.484 e. The maximum absolute atomic E-state index is 11.9. The van der Waals surface area contributed by atoms with Gasteiger partial charge in [-0.25, -0.2) is 0 Å². The van der Waals surface area contributed by atoms with Crippen LogP contribution in [0.4, 0.5) is 0 Å². The van der Waals surface area contributed by atoms with Crippen molar-refractivity contribution in [1.29, 1.82) is 0 Å². The molecule has 1 aromatic rings. The third-order valence-corrected chi connectivity index (χ3v) is 4.46. The molecule has 5 heteroatoms. The zero-order valence-electron chi connectivity index (χ0n) is 11.5. The molecule has 1 fully saturated rings. The van der Waals surface area contributed by atoms with Crippen LogP contribution in [0, 0.1) is 5.92 Å². The van der Waals surface area contributed by atoms with E-state index < -0.39 is 0 Å². The van der Waals surface area contributed by atoms with Gasteiger partial charge in [-0.2, -0.15) is 0 Å². The first-order chi connectivity index (χ1) is 9.56. The second-order valence-electron chi connectivity index (χ2n) is 5.30. The van der Waals surface area contributed by atoms with Crippen LogP contribution in [-0.2, 0) is 4.79 Å². The lowest BCUT2D eigenvalue weighted by Gasteiger charge is -2.29. The Morgan fingerprint density at radius 1 is 1.30 bits per heavy atom. The Hall–Kier alpha value is -0.930. The molecule has 1 amide bonds. The Balaban J connectivity index is 1.81. The first-order valence-corrected chi connectivity index (χ1v) is 7.69. The summed E-state index contributed by atoms with van der Waals surface area (Å²) in [6, 6.07) is 5.24. The fourth-order valence-corrected chi connectivity index (χ4v) is 2.78. The highest BCUT2D eigenvalue weighted by Gasteiger charge is 2.22. The van der Waals surface area contributed by atoms with Gasteiger partial charge in [0.1, 0.15) is 5.75 Å². The summed E-state index contributed by atoms with van der Waals surface area (Å²) >= 11 is 11.7. The molecule has 0 aliphatic heterocycles. The van der Waals surface area contributed by atoms with E-state index in [1.165, 1.54) is 19.3 Å². The minimum atomic E-state index is -0.0881. The zero-order valence-corrected chi connectivity index (χ0v) is 13.0. The summed E-state index contributed by atoms with van der Waals surface area (Å²) in [5.41, 5.74) is 0. The monoisotopic (exact) mass is 315 g/mol. The van der Waals surface area contributed by atoms with Gasteiger partial charge in [-0.3, -0.25) is 4.79 Å². The lowest BCUT2D eigenvalue weighted by molar-refractivity contribution is -0.124. The van der Waals surface area contributed by atoms with Crippen molar-refractivity contribution in [2.24, 2.45) is 5.92 Å². The van der Waals surface area contributed by atoms with Crippen molar-refractivity contribution < 1.29 is 9.53 Å². The molecular weight excluding hydrogens is 297 g/mol. The molecule has 0 radical (unpaired) electrons. The molecule has 3 nitrogen and oxygen atoms in total. The normalized spacial score (nSPS) is 22.4. The van der Waals surface area contributed by atoms with Crippen LogP contribution in [0.1, 0.15) is 32.6 Å². The van der Waals surface area contributed by atoms with Gasteiger partial charge in [0.25, 0.3) is 5.91 Å². The highest BCUT2D eigenvalue weighted by molar-refractivity contribution is 6.42. The Kier molecular flexibility index (Phi) is 5.55. The van der Waals surface area contributed by atoms with Gasteiger partial charge in [0.15, 0.2) is 6.61 Å². The van der Waals surface area contributed by atoms with Gasteiger partial charge in [0.05, 0.1) is 10.0 Å². The molecule has 0 unspecified atom stereocenters. The molecule has 1 saturated carbocycles. The lowest BCUT2D eigenvalue weighted by atomic mass is 9.86. The summed E-state index contributed by atoms with van der Waals surface area (Å²) in [4.78, 5) is 11.9. The van der Waals surface area contributed by atoms with E-state index in [4.69, 9.17) is 27.9 Å². The first kappa shape index (κ1) is 15.5. The Morgan fingerprint density at radius 3 is 2.75 bits per heavy atom. The third kappa shape index (κ3) is 4.29. The summed E-state index contributed by atoms with van der Waals surface area (Å²) in [6.07, 6.45) is 4.68. The molecule has 110 valence electrons. The van der Waals surface area contributed by atoms with Crippen molar-refractivity contribution in [1.82, 2.24) is 5.32 Å². The molecule has 1 aliphatic carbocycles. The largest absolute Gasteiger partial charge is 0.484 e. The molecule has 0 bridgehead atoms. The number of benzene rings is 1. The van der Waals surface area contributed by atoms with E-state index in [2.05, 4.69) is 12.2 Å². The van der Waals surface area contributed by atoms with Crippen molar-refractivity contribution in [3.63, 3.8) is 0 Å². The van der Waals surface area contributed by atoms with E-state index in [-0.39, 0.29) is 18.6 Å².